The number of halogens is 1. The zero-order valence-corrected chi connectivity index (χ0v) is 13.4. The lowest BCUT2D eigenvalue weighted by Crippen LogP contribution is -2.49. The number of benzene rings is 1. The Bertz CT molecular complexity index is 656. The summed E-state index contributed by atoms with van der Waals surface area (Å²) in [6, 6.07) is 10.2. The lowest BCUT2D eigenvalue weighted by atomic mass is 10.2. The minimum Gasteiger partial charge on any atom is -0.368 e. The van der Waals surface area contributed by atoms with Crippen molar-refractivity contribution in [1.82, 2.24) is 14.9 Å². The first-order valence-corrected chi connectivity index (χ1v) is 8.01. The largest absolute Gasteiger partial charge is 0.368 e. The van der Waals surface area contributed by atoms with Crippen LogP contribution in [0.15, 0.2) is 42.7 Å². The molecule has 0 aliphatic carbocycles. The van der Waals surface area contributed by atoms with E-state index in [2.05, 4.69) is 32.3 Å². The summed E-state index contributed by atoms with van der Waals surface area (Å²) >= 11 is 0. The van der Waals surface area contributed by atoms with Crippen LogP contribution in [0.5, 0.6) is 0 Å². The van der Waals surface area contributed by atoms with E-state index in [0.29, 0.717) is 18.9 Å². The standard InChI is InChI=1S/C17H20FN5O/c18-14-12-20-17(21-13-14)19-7-6-16(24)23-10-8-22(9-11-23)15-4-2-1-3-5-15/h1-5,12-13H,6-11H2,(H,19,20,21). The summed E-state index contributed by atoms with van der Waals surface area (Å²) in [4.78, 5) is 24.0. The van der Waals surface area contributed by atoms with Crippen molar-refractivity contribution in [2.75, 3.05) is 42.9 Å². The molecule has 2 aromatic rings. The van der Waals surface area contributed by atoms with Gasteiger partial charge in [0.1, 0.15) is 0 Å². The quantitative estimate of drug-likeness (QED) is 0.906. The molecule has 1 N–H and O–H groups in total. The Balaban J connectivity index is 1.41. The first-order valence-electron chi connectivity index (χ1n) is 8.01. The van der Waals surface area contributed by atoms with Crippen molar-refractivity contribution in [1.29, 1.82) is 0 Å². The molecule has 3 rings (SSSR count). The van der Waals surface area contributed by atoms with Gasteiger partial charge in [-0.2, -0.15) is 0 Å². The van der Waals surface area contributed by atoms with E-state index in [1.807, 2.05) is 23.1 Å². The Morgan fingerprint density at radius 3 is 2.42 bits per heavy atom. The highest BCUT2D eigenvalue weighted by Crippen LogP contribution is 2.15. The molecule has 2 heterocycles. The molecule has 1 aliphatic rings. The molecule has 1 fully saturated rings. The smallest absolute Gasteiger partial charge is 0.224 e. The number of rotatable bonds is 5. The van der Waals surface area contributed by atoms with Crippen LogP contribution in [-0.2, 0) is 4.79 Å². The number of carbonyl (C=O) groups excluding carboxylic acids is 1. The van der Waals surface area contributed by atoms with Gasteiger partial charge in [0.15, 0.2) is 5.82 Å². The number of carbonyl (C=O) groups is 1. The average Bonchev–Trinajstić information content (AvgIpc) is 2.64. The van der Waals surface area contributed by atoms with Crippen LogP contribution < -0.4 is 10.2 Å². The molecule has 126 valence electrons. The minimum atomic E-state index is -0.479. The van der Waals surface area contributed by atoms with Crippen molar-refractivity contribution >= 4 is 17.5 Å². The summed E-state index contributed by atoms with van der Waals surface area (Å²) in [7, 11) is 0. The summed E-state index contributed by atoms with van der Waals surface area (Å²) in [5.41, 5.74) is 1.19. The molecule has 0 radical (unpaired) electrons. The van der Waals surface area contributed by atoms with Crippen molar-refractivity contribution in [3.05, 3.63) is 48.5 Å². The fourth-order valence-corrected chi connectivity index (χ4v) is 2.70. The van der Waals surface area contributed by atoms with Crippen LogP contribution in [0, 0.1) is 5.82 Å². The zero-order valence-electron chi connectivity index (χ0n) is 13.4. The highest BCUT2D eigenvalue weighted by atomic mass is 19.1. The van der Waals surface area contributed by atoms with Crippen LogP contribution in [0.3, 0.4) is 0 Å². The molecule has 0 unspecified atom stereocenters. The van der Waals surface area contributed by atoms with Crippen LogP contribution in [0.2, 0.25) is 0 Å². The van der Waals surface area contributed by atoms with E-state index < -0.39 is 5.82 Å². The first-order chi connectivity index (χ1) is 11.7. The predicted octanol–water partition coefficient (Wildman–Crippen LogP) is 1.77. The lowest BCUT2D eigenvalue weighted by Gasteiger charge is -2.36. The summed E-state index contributed by atoms with van der Waals surface area (Å²) < 4.78 is 12.7. The fraction of sp³-hybridized carbons (Fsp3) is 0.353. The number of hydrogen-bond donors (Lipinski definition) is 1. The maximum atomic E-state index is 12.7. The van der Waals surface area contributed by atoms with Crippen molar-refractivity contribution < 1.29 is 9.18 Å². The summed E-state index contributed by atoms with van der Waals surface area (Å²) in [5, 5.41) is 2.93. The third-order valence-corrected chi connectivity index (χ3v) is 4.00. The Morgan fingerprint density at radius 2 is 1.75 bits per heavy atom. The molecule has 0 saturated carbocycles. The minimum absolute atomic E-state index is 0.109. The number of nitrogens with one attached hydrogen (secondary N) is 1. The predicted molar refractivity (Wildman–Crippen MR) is 90.3 cm³/mol. The van der Waals surface area contributed by atoms with Gasteiger partial charge in [0, 0.05) is 44.8 Å². The van der Waals surface area contributed by atoms with E-state index in [1.165, 1.54) is 5.69 Å². The summed E-state index contributed by atoms with van der Waals surface area (Å²) in [6.07, 6.45) is 2.56. The average molecular weight is 329 g/mol. The van der Waals surface area contributed by atoms with Crippen LogP contribution >= 0.6 is 0 Å². The van der Waals surface area contributed by atoms with Gasteiger partial charge in [0.2, 0.25) is 11.9 Å². The van der Waals surface area contributed by atoms with Crippen molar-refractivity contribution in [2.45, 2.75) is 6.42 Å². The fourth-order valence-electron chi connectivity index (χ4n) is 2.70. The van der Waals surface area contributed by atoms with Gasteiger partial charge in [0.25, 0.3) is 0 Å². The summed E-state index contributed by atoms with van der Waals surface area (Å²) in [6.45, 7) is 3.55. The Hall–Kier alpha value is -2.70. The highest BCUT2D eigenvalue weighted by molar-refractivity contribution is 5.77. The van der Waals surface area contributed by atoms with Gasteiger partial charge >= 0.3 is 0 Å². The molecule has 1 aromatic heterocycles. The van der Waals surface area contributed by atoms with Crippen LogP contribution in [0.25, 0.3) is 0 Å². The number of piperazine rings is 1. The molecule has 1 saturated heterocycles. The zero-order chi connectivity index (χ0) is 16.8. The second kappa shape index (κ2) is 7.72. The van der Waals surface area contributed by atoms with Gasteiger partial charge in [-0.1, -0.05) is 18.2 Å². The Kier molecular flexibility index (Phi) is 5.20. The first kappa shape index (κ1) is 16.2. The van der Waals surface area contributed by atoms with Crippen LogP contribution in [0.4, 0.5) is 16.0 Å². The van der Waals surface area contributed by atoms with E-state index in [1.54, 1.807) is 0 Å². The number of hydrogen-bond acceptors (Lipinski definition) is 5. The molecule has 6 nitrogen and oxygen atoms in total. The number of amides is 1. The third-order valence-electron chi connectivity index (χ3n) is 4.00. The van der Waals surface area contributed by atoms with Gasteiger partial charge < -0.3 is 15.1 Å². The molecular weight excluding hydrogens is 309 g/mol. The van der Waals surface area contributed by atoms with E-state index in [0.717, 1.165) is 38.6 Å². The van der Waals surface area contributed by atoms with E-state index in [9.17, 15) is 9.18 Å². The van der Waals surface area contributed by atoms with Gasteiger partial charge in [0.05, 0.1) is 12.4 Å². The molecule has 0 atom stereocenters. The SMILES string of the molecule is O=C(CCNc1ncc(F)cn1)N1CCN(c2ccccc2)CC1. The van der Waals surface area contributed by atoms with Crippen molar-refractivity contribution in [3.8, 4) is 0 Å². The van der Waals surface area contributed by atoms with Gasteiger partial charge in [-0.05, 0) is 12.1 Å². The second-order valence-corrected chi connectivity index (χ2v) is 5.61. The second-order valence-electron chi connectivity index (χ2n) is 5.61. The molecule has 0 spiro atoms. The molecule has 0 bridgehead atoms. The van der Waals surface area contributed by atoms with Gasteiger partial charge in [-0.25, -0.2) is 14.4 Å². The van der Waals surface area contributed by atoms with Crippen molar-refractivity contribution in [2.24, 2.45) is 0 Å². The Labute approximate surface area is 140 Å². The number of nitrogens with zero attached hydrogens (tertiary/aromatic N) is 4. The molecule has 1 aromatic carbocycles. The molecule has 7 heteroatoms. The normalized spacial score (nSPS) is 14.5. The maximum Gasteiger partial charge on any atom is 0.224 e. The van der Waals surface area contributed by atoms with E-state index >= 15 is 0 Å². The van der Waals surface area contributed by atoms with Crippen LogP contribution in [0.1, 0.15) is 6.42 Å². The van der Waals surface area contributed by atoms with E-state index in [4.69, 9.17) is 0 Å². The maximum absolute atomic E-state index is 12.7. The van der Waals surface area contributed by atoms with Crippen molar-refractivity contribution in [3.63, 3.8) is 0 Å². The number of para-hydroxylation sites is 1. The van der Waals surface area contributed by atoms with Gasteiger partial charge in [-0.3, -0.25) is 4.79 Å². The van der Waals surface area contributed by atoms with Gasteiger partial charge in [-0.15, -0.1) is 0 Å². The topological polar surface area (TPSA) is 61.4 Å². The van der Waals surface area contributed by atoms with Crippen LogP contribution in [-0.4, -0.2) is 53.5 Å². The number of anilines is 2. The third kappa shape index (κ3) is 4.18. The molecular formula is C17H20FN5O. The highest BCUT2D eigenvalue weighted by Gasteiger charge is 2.20. The summed E-state index contributed by atoms with van der Waals surface area (Å²) in [5.74, 6) is -0.0386. The molecule has 1 amide bonds. The van der Waals surface area contributed by atoms with E-state index in [-0.39, 0.29) is 5.91 Å². The number of aromatic nitrogens is 2. The molecule has 1 aliphatic heterocycles. The monoisotopic (exact) mass is 329 g/mol. The lowest BCUT2D eigenvalue weighted by molar-refractivity contribution is -0.131. The Morgan fingerprint density at radius 1 is 1.08 bits per heavy atom. The molecule has 24 heavy (non-hydrogen) atoms.